The quantitative estimate of drug-likeness (QED) is 0.690. The molecule has 2 aromatic rings. The summed E-state index contributed by atoms with van der Waals surface area (Å²) in [4.78, 5) is 4.77. The number of fused-ring (bicyclic) bond motifs is 6. The zero-order valence-electron chi connectivity index (χ0n) is 8.90. The van der Waals surface area contributed by atoms with Gasteiger partial charge in [0.15, 0.2) is 0 Å². The maximum atomic E-state index is 4.77. The normalized spacial score (nSPS) is 27.0. The summed E-state index contributed by atoms with van der Waals surface area (Å²) in [5.41, 5.74) is 9.07. The number of benzene rings is 1. The van der Waals surface area contributed by atoms with E-state index in [0.29, 0.717) is 12.0 Å². The summed E-state index contributed by atoms with van der Waals surface area (Å²) in [5.74, 6) is 0.539. The highest BCUT2D eigenvalue weighted by molar-refractivity contribution is 5.85. The molecule has 80 valence electrons. The van der Waals surface area contributed by atoms with Crippen LogP contribution in [0.3, 0.4) is 0 Å². The topological polar surface area (TPSA) is 37.0 Å². The van der Waals surface area contributed by atoms with Gasteiger partial charge >= 0.3 is 0 Å². The van der Waals surface area contributed by atoms with Crippen molar-refractivity contribution in [1.82, 2.24) is 15.8 Å². The van der Waals surface area contributed by atoms with Crippen LogP contribution in [0.4, 0.5) is 0 Å². The first-order valence-electron chi connectivity index (χ1n) is 5.79. The number of pyridine rings is 1. The predicted molar refractivity (Wildman–Crippen MR) is 63.1 cm³/mol. The Balaban J connectivity index is 2.00. The van der Waals surface area contributed by atoms with Gasteiger partial charge in [-0.15, -0.1) is 0 Å². The van der Waals surface area contributed by atoms with Gasteiger partial charge in [0.1, 0.15) is 0 Å². The van der Waals surface area contributed by atoms with Crippen LogP contribution in [0, 0.1) is 0 Å². The van der Waals surface area contributed by atoms with Gasteiger partial charge in [-0.2, -0.15) is 0 Å². The van der Waals surface area contributed by atoms with Gasteiger partial charge in [0.05, 0.1) is 5.69 Å². The fraction of sp³-hybridized carbons (Fsp3) is 0.308. The monoisotopic (exact) mass is 211 g/mol. The van der Waals surface area contributed by atoms with Gasteiger partial charge in [-0.3, -0.25) is 15.8 Å². The van der Waals surface area contributed by atoms with E-state index < -0.39 is 0 Å². The SMILES string of the molecule is c1ccc2c3nc(cc2c1)C1CNNC1C3. The highest BCUT2D eigenvalue weighted by Crippen LogP contribution is 2.32. The first-order chi connectivity index (χ1) is 7.92. The summed E-state index contributed by atoms with van der Waals surface area (Å²) in [7, 11) is 0. The molecule has 3 heteroatoms. The molecule has 2 atom stereocenters. The van der Waals surface area contributed by atoms with Crippen LogP contribution >= 0.6 is 0 Å². The second-order valence-corrected chi connectivity index (χ2v) is 4.66. The number of hydrogen-bond acceptors (Lipinski definition) is 3. The maximum absolute atomic E-state index is 4.77. The number of nitrogens with one attached hydrogen (secondary N) is 2. The molecule has 1 saturated heterocycles. The van der Waals surface area contributed by atoms with Crippen LogP contribution in [0.25, 0.3) is 10.8 Å². The number of aromatic nitrogens is 1. The lowest BCUT2D eigenvalue weighted by molar-refractivity contribution is 0.497. The molecule has 2 bridgehead atoms. The van der Waals surface area contributed by atoms with Gasteiger partial charge in [0.2, 0.25) is 0 Å². The smallest absolute Gasteiger partial charge is 0.0501 e. The van der Waals surface area contributed by atoms with Crippen LogP contribution in [-0.2, 0) is 6.42 Å². The molecule has 0 spiro atoms. The molecule has 2 aliphatic heterocycles. The van der Waals surface area contributed by atoms with Crippen molar-refractivity contribution < 1.29 is 0 Å². The van der Waals surface area contributed by atoms with E-state index in [-0.39, 0.29) is 0 Å². The average Bonchev–Trinajstić information content (AvgIpc) is 2.78. The molecule has 0 amide bonds. The molecule has 1 aromatic heterocycles. The van der Waals surface area contributed by atoms with Crippen LogP contribution in [0.5, 0.6) is 0 Å². The second kappa shape index (κ2) is 3.03. The van der Waals surface area contributed by atoms with E-state index in [1.807, 2.05) is 0 Å². The van der Waals surface area contributed by atoms with Crippen molar-refractivity contribution in [3.05, 3.63) is 41.7 Å². The fourth-order valence-electron chi connectivity index (χ4n) is 2.89. The Morgan fingerprint density at radius 3 is 3.19 bits per heavy atom. The standard InChI is InChI=1S/C13H13N3/c1-2-4-9-8(3-1)5-11-10-7-14-16-13(10)6-12(9)15-11/h1-5,10,13-14,16H,6-7H2. The van der Waals surface area contributed by atoms with Crippen LogP contribution < -0.4 is 10.9 Å². The minimum atomic E-state index is 0.520. The molecule has 2 unspecified atom stereocenters. The zero-order valence-corrected chi connectivity index (χ0v) is 8.90. The van der Waals surface area contributed by atoms with E-state index in [1.54, 1.807) is 0 Å². The largest absolute Gasteiger partial charge is 0.257 e. The van der Waals surface area contributed by atoms with E-state index in [4.69, 9.17) is 4.98 Å². The van der Waals surface area contributed by atoms with Crippen LogP contribution in [0.1, 0.15) is 17.3 Å². The fourth-order valence-corrected chi connectivity index (χ4v) is 2.89. The Morgan fingerprint density at radius 2 is 2.19 bits per heavy atom. The third-order valence-corrected chi connectivity index (χ3v) is 3.73. The van der Waals surface area contributed by atoms with Gasteiger partial charge in [-0.1, -0.05) is 24.3 Å². The molecule has 1 aromatic carbocycles. The number of hydrogen-bond donors (Lipinski definition) is 2. The lowest BCUT2D eigenvalue weighted by atomic mass is 9.87. The van der Waals surface area contributed by atoms with Crippen LogP contribution in [0.15, 0.2) is 30.3 Å². The molecule has 2 aliphatic rings. The lowest BCUT2D eigenvalue weighted by Crippen LogP contribution is -2.35. The van der Waals surface area contributed by atoms with Gasteiger partial charge in [0.25, 0.3) is 0 Å². The maximum Gasteiger partial charge on any atom is 0.0501 e. The second-order valence-electron chi connectivity index (χ2n) is 4.66. The summed E-state index contributed by atoms with van der Waals surface area (Å²) in [6.45, 7) is 0.995. The van der Waals surface area contributed by atoms with Crippen LogP contribution in [0.2, 0.25) is 0 Å². The molecule has 0 radical (unpaired) electrons. The molecule has 1 fully saturated rings. The molecule has 16 heavy (non-hydrogen) atoms. The van der Waals surface area contributed by atoms with E-state index in [2.05, 4.69) is 41.2 Å². The minimum Gasteiger partial charge on any atom is -0.257 e. The first kappa shape index (κ1) is 8.67. The van der Waals surface area contributed by atoms with Gasteiger partial charge in [-0.25, -0.2) is 0 Å². The summed E-state index contributed by atoms with van der Waals surface area (Å²) in [5, 5.41) is 2.63. The highest BCUT2D eigenvalue weighted by Gasteiger charge is 2.34. The Hall–Kier alpha value is -1.45. The highest BCUT2D eigenvalue weighted by atomic mass is 15.4. The summed E-state index contributed by atoms with van der Waals surface area (Å²) in [6, 6.07) is 11.3. The molecular formula is C13H13N3. The van der Waals surface area contributed by atoms with E-state index in [0.717, 1.165) is 13.0 Å². The average molecular weight is 211 g/mol. The van der Waals surface area contributed by atoms with E-state index in [1.165, 1.54) is 22.2 Å². The van der Waals surface area contributed by atoms with E-state index >= 15 is 0 Å². The number of nitrogens with zero attached hydrogens (tertiary/aromatic N) is 1. The molecule has 3 heterocycles. The Morgan fingerprint density at radius 1 is 1.25 bits per heavy atom. The van der Waals surface area contributed by atoms with Gasteiger partial charge in [-0.05, 0) is 11.5 Å². The molecular weight excluding hydrogens is 198 g/mol. The minimum absolute atomic E-state index is 0.520. The van der Waals surface area contributed by atoms with Gasteiger partial charge in [0, 0.05) is 36.0 Å². The van der Waals surface area contributed by atoms with Gasteiger partial charge < -0.3 is 0 Å². The molecule has 2 N–H and O–H groups in total. The van der Waals surface area contributed by atoms with Crippen molar-refractivity contribution in [3.8, 4) is 0 Å². The third kappa shape index (κ3) is 1.07. The molecule has 0 saturated carbocycles. The zero-order chi connectivity index (χ0) is 10.5. The summed E-state index contributed by atoms with van der Waals surface area (Å²) in [6.07, 6.45) is 1.03. The van der Waals surface area contributed by atoms with Crippen molar-refractivity contribution in [1.29, 1.82) is 0 Å². The molecule has 4 rings (SSSR count). The summed E-state index contributed by atoms with van der Waals surface area (Å²) < 4.78 is 0. The Bertz CT molecular complexity index is 564. The summed E-state index contributed by atoms with van der Waals surface area (Å²) >= 11 is 0. The number of rotatable bonds is 0. The van der Waals surface area contributed by atoms with E-state index in [9.17, 15) is 0 Å². The van der Waals surface area contributed by atoms with Crippen LogP contribution in [-0.4, -0.2) is 17.6 Å². The third-order valence-electron chi connectivity index (χ3n) is 3.73. The van der Waals surface area contributed by atoms with Crippen molar-refractivity contribution in [2.45, 2.75) is 18.4 Å². The first-order valence-corrected chi connectivity index (χ1v) is 5.79. The molecule has 0 aliphatic carbocycles. The molecule has 3 nitrogen and oxygen atoms in total. The van der Waals surface area contributed by atoms with Crippen molar-refractivity contribution in [2.24, 2.45) is 0 Å². The predicted octanol–water partition coefficient (Wildman–Crippen LogP) is 1.35. The Kier molecular flexibility index (Phi) is 1.64. The Labute approximate surface area is 93.9 Å². The van der Waals surface area contributed by atoms with Crippen molar-refractivity contribution >= 4 is 10.8 Å². The number of hydrazine groups is 1. The van der Waals surface area contributed by atoms with Crippen molar-refractivity contribution in [3.63, 3.8) is 0 Å². The van der Waals surface area contributed by atoms with Crippen molar-refractivity contribution in [2.75, 3.05) is 6.54 Å². The lowest BCUT2D eigenvalue weighted by Gasteiger charge is -2.25.